The minimum absolute atomic E-state index is 0.306. The molecule has 0 saturated carbocycles. The van der Waals surface area contributed by atoms with Crippen molar-refractivity contribution in [2.45, 2.75) is 6.04 Å². The molecule has 3 N–H and O–H groups in total. The maximum Gasteiger partial charge on any atom is 0.324 e. The van der Waals surface area contributed by atoms with Gasteiger partial charge in [0.1, 0.15) is 11.9 Å². The summed E-state index contributed by atoms with van der Waals surface area (Å²) in [6.45, 7) is 0.306. The summed E-state index contributed by atoms with van der Waals surface area (Å²) >= 11 is 1.41. The number of esters is 1. The molecule has 0 amide bonds. The highest BCUT2D eigenvalue weighted by atomic mass is 32.1. The monoisotopic (exact) mass is 251 g/mol. The maximum atomic E-state index is 11.1. The molecule has 0 saturated heterocycles. The maximum absolute atomic E-state index is 11.1. The Bertz CT molecular complexity index is 526. The fraction of sp³-hybridized carbons (Fsp3) is 0.273. The van der Waals surface area contributed by atoms with Crippen molar-refractivity contribution in [3.8, 4) is 0 Å². The number of anilines is 1. The van der Waals surface area contributed by atoms with Gasteiger partial charge in [-0.1, -0.05) is 12.1 Å². The van der Waals surface area contributed by atoms with Gasteiger partial charge in [0.05, 0.1) is 11.8 Å². The van der Waals surface area contributed by atoms with Crippen molar-refractivity contribution < 1.29 is 9.53 Å². The molecule has 0 fully saturated rings. The Kier molecular flexibility index (Phi) is 3.55. The van der Waals surface area contributed by atoms with Gasteiger partial charge in [0.15, 0.2) is 0 Å². The van der Waals surface area contributed by atoms with E-state index in [9.17, 15) is 4.79 Å². The van der Waals surface area contributed by atoms with Gasteiger partial charge in [-0.25, -0.2) is 0 Å². The lowest BCUT2D eigenvalue weighted by Gasteiger charge is -2.09. The fourth-order valence-corrected chi connectivity index (χ4v) is 2.21. The van der Waals surface area contributed by atoms with E-state index < -0.39 is 12.0 Å². The Hall–Kier alpha value is -1.66. The van der Waals surface area contributed by atoms with Crippen LogP contribution in [0.2, 0.25) is 0 Å². The smallest absolute Gasteiger partial charge is 0.324 e. The molecule has 1 heterocycles. The third kappa shape index (κ3) is 2.54. The van der Waals surface area contributed by atoms with E-state index >= 15 is 0 Å². The second kappa shape index (κ2) is 5.11. The van der Waals surface area contributed by atoms with Gasteiger partial charge in [-0.05, 0) is 23.7 Å². The van der Waals surface area contributed by atoms with E-state index in [2.05, 4.69) is 14.4 Å². The van der Waals surface area contributed by atoms with Gasteiger partial charge in [-0.3, -0.25) is 4.79 Å². The minimum Gasteiger partial charge on any atom is -0.468 e. The second-order valence-electron chi connectivity index (χ2n) is 3.54. The fourth-order valence-electron chi connectivity index (χ4n) is 1.45. The van der Waals surface area contributed by atoms with Crippen molar-refractivity contribution >= 4 is 33.4 Å². The average Bonchev–Trinajstić information content (AvgIpc) is 2.78. The van der Waals surface area contributed by atoms with E-state index in [1.54, 1.807) is 0 Å². The van der Waals surface area contributed by atoms with E-state index in [-0.39, 0.29) is 0 Å². The molecular weight excluding hydrogens is 238 g/mol. The summed E-state index contributed by atoms with van der Waals surface area (Å²) in [4.78, 5) is 11.1. The number of carbonyl (C=O) groups excluding carboxylic acids is 1. The van der Waals surface area contributed by atoms with Crippen molar-refractivity contribution in [2.24, 2.45) is 5.73 Å². The zero-order valence-corrected chi connectivity index (χ0v) is 10.2. The van der Waals surface area contributed by atoms with Crippen LogP contribution in [0.5, 0.6) is 0 Å². The van der Waals surface area contributed by atoms with Gasteiger partial charge in [0.25, 0.3) is 0 Å². The van der Waals surface area contributed by atoms with Crippen LogP contribution in [-0.4, -0.2) is 30.0 Å². The van der Waals surface area contributed by atoms with Crippen LogP contribution in [0.3, 0.4) is 0 Å². The Morgan fingerprint density at radius 1 is 1.59 bits per heavy atom. The SMILES string of the molecule is COC(=O)C(N)CNc1nsc2ccccc12. The second-order valence-corrected chi connectivity index (χ2v) is 4.34. The molecule has 6 heteroatoms. The minimum atomic E-state index is -0.680. The van der Waals surface area contributed by atoms with E-state index in [1.807, 2.05) is 24.3 Å². The van der Waals surface area contributed by atoms with Crippen LogP contribution in [-0.2, 0) is 9.53 Å². The molecule has 2 rings (SSSR count). The first kappa shape index (κ1) is 11.8. The number of fused-ring (bicyclic) bond motifs is 1. The molecule has 1 atom stereocenters. The number of nitrogens with one attached hydrogen (secondary N) is 1. The molecule has 0 aliphatic rings. The first-order valence-electron chi connectivity index (χ1n) is 5.14. The molecule has 0 aliphatic heterocycles. The Morgan fingerprint density at radius 2 is 2.35 bits per heavy atom. The van der Waals surface area contributed by atoms with Crippen LogP contribution in [0.4, 0.5) is 5.82 Å². The summed E-state index contributed by atoms with van der Waals surface area (Å²) in [6, 6.07) is 7.20. The first-order chi connectivity index (χ1) is 8.22. The topological polar surface area (TPSA) is 77.2 Å². The zero-order valence-electron chi connectivity index (χ0n) is 9.34. The predicted octanol–water partition coefficient (Wildman–Crippen LogP) is 1.21. The highest BCUT2D eigenvalue weighted by Gasteiger charge is 2.14. The normalized spacial score (nSPS) is 12.4. The summed E-state index contributed by atoms with van der Waals surface area (Å²) in [5, 5.41) is 4.09. The Morgan fingerprint density at radius 3 is 3.12 bits per heavy atom. The van der Waals surface area contributed by atoms with Gasteiger partial charge in [0, 0.05) is 11.9 Å². The van der Waals surface area contributed by atoms with Crippen molar-refractivity contribution in [2.75, 3.05) is 19.0 Å². The van der Waals surface area contributed by atoms with Crippen molar-refractivity contribution in [3.05, 3.63) is 24.3 Å². The average molecular weight is 251 g/mol. The number of methoxy groups -OCH3 is 1. The van der Waals surface area contributed by atoms with Gasteiger partial charge in [-0.15, -0.1) is 0 Å². The van der Waals surface area contributed by atoms with Crippen LogP contribution in [0.25, 0.3) is 10.1 Å². The molecule has 17 heavy (non-hydrogen) atoms. The van der Waals surface area contributed by atoms with E-state index in [0.29, 0.717) is 6.54 Å². The van der Waals surface area contributed by atoms with Crippen LogP contribution in [0.15, 0.2) is 24.3 Å². The lowest BCUT2D eigenvalue weighted by molar-refractivity contribution is -0.141. The molecule has 1 aromatic heterocycles. The number of carbonyl (C=O) groups is 1. The molecule has 5 nitrogen and oxygen atoms in total. The van der Waals surface area contributed by atoms with Gasteiger partial charge in [0.2, 0.25) is 0 Å². The Labute approximate surface area is 103 Å². The quantitative estimate of drug-likeness (QED) is 0.799. The molecule has 0 bridgehead atoms. The molecule has 1 unspecified atom stereocenters. The van der Waals surface area contributed by atoms with Gasteiger partial charge < -0.3 is 15.8 Å². The summed E-state index contributed by atoms with van der Waals surface area (Å²) < 4.78 is 9.92. The summed E-state index contributed by atoms with van der Waals surface area (Å²) in [6.07, 6.45) is 0. The summed E-state index contributed by atoms with van der Waals surface area (Å²) in [5.41, 5.74) is 5.63. The summed E-state index contributed by atoms with van der Waals surface area (Å²) in [5.74, 6) is 0.321. The van der Waals surface area contributed by atoms with Crippen LogP contribution >= 0.6 is 11.5 Å². The molecule has 90 valence electrons. The lowest BCUT2D eigenvalue weighted by Crippen LogP contribution is -2.38. The van der Waals surface area contributed by atoms with Crippen molar-refractivity contribution in [1.82, 2.24) is 4.37 Å². The number of hydrogen-bond acceptors (Lipinski definition) is 6. The number of hydrogen-bond donors (Lipinski definition) is 2. The van der Waals surface area contributed by atoms with Crippen LogP contribution < -0.4 is 11.1 Å². The first-order valence-corrected chi connectivity index (χ1v) is 5.91. The molecule has 0 spiro atoms. The molecule has 2 aromatic rings. The van der Waals surface area contributed by atoms with E-state index in [0.717, 1.165) is 15.9 Å². The van der Waals surface area contributed by atoms with Gasteiger partial charge in [-0.2, -0.15) is 4.37 Å². The highest BCUT2D eigenvalue weighted by Crippen LogP contribution is 2.25. The zero-order chi connectivity index (χ0) is 12.3. The number of rotatable bonds is 4. The number of nitrogens with zero attached hydrogens (tertiary/aromatic N) is 1. The largest absolute Gasteiger partial charge is 0.468 e. The number of ether oxygens (including phenoxy) is 1. The van der Waals surface area contributed by atoms with E-state index in [1.165, 1.54) is 18.6 Å². The molecule has 0 aliphatic carbocycles. The third-order valence-electron chi connectivity index (χ3n) is 2.37. The molecule has 1 aromatic carbocycles. The number of benzene rings is 1. The summed E-state index contributed by atoms with van der Waals surface area (Å²) in [7, 11) is 1.32. The standard InChI is InChI=1S/C11H13N3O2S/c1-16-11(15)8(12)6-13-10-7-4-2-3-5-9(7)17-14-10/h2-5,8H,6,12H2,1H3,(H,13,14). The van der Waals surface area contributed by atoms with Crippen molar-refractivity contribution in [3.63, 3.8) is 0 Å². The Balaban J connectivity index is 2.07. The number of nitrogens with two attached hydrogens (primary N) is 1. The third-order valence-corrected chi connectivity index (χ3v) is 3.20. The molecule has 0 radical (unpaired) electrons. The van der Waals surface area contributed by atoms with Crippen LogP contribution in [0, 0.1) is 0 Å². The molecular formula is C11H13N3O2S. The van der Waals surface area contributed by atoms with Crippen molar-refractivity contribution in [1.29, 1.82) is 0 Å². The highest BCUT2D eigenvalue weighted by molar-refractivity contribution is 7.13. The van der Waals surface area contributed by atoms with Gasteiger partial charge >= 0.3 is 5.97 Å². The lowest BCUT2D eigenvalue weighted by atomic mass is 10.2. The number of aromatic nitrogens is 1. The predicted molar refractivity (Wildman–Crippen MR) is 68.1 cm³/mol. The van der Waals surface area contributed by atoms with E-state index in [4.69, 9.17) is 5.73 Å². The van der Waals surface area contributed by atoms with Crippen LogP contribution in [0.1, 0.15) is 0 Å².